The Morgan fingerprint density at radius 3 is 2.50 bits per heavy atom. The summed E-state index contributed by atoms with van der Waals surface area (Å²) in [6.07, 6.45) is 3.06. The maximum absolute atomic E-state index is 12.2. The molecule has 20 heavy (non-hydrogen) atoms. The number of nitrogens with two attached hydrogens (primary N) is 1. The van der Waals surface area contributed by atoms with Gasteiger partial charge in [0.2, 0.25) is 5.91 Å². The summed E-state index contributed by atoms with van der Waals surface area (Å²) in [5.41, 5.74) is 5.89. The number of amides is 1. The summed E-state index contributed by atoms with van der Waals surface area (Å²) < 4.78 is 0. The van der Waals surface area contributed by atoms with E-state index in [9.17, 15) is 4.79 Å². The molecule has 1 saturated heterocycles. The molecular weight excluding hydrogens is 252 g/mol. The molecule has 2 unspecified atom stereocenters. The maximum Gasteiger partial charge on any atom is 0.224 e. The van der Waals surface area contributed by atoms with Gasteiger partial charge in [0, 0.05) is 44.7 Å². The molecular formula is C15H32N4O. The van der Waals surface area contributed by atoms with Crippen LogP contribution < -0.4 is 5.73 Å². The standard InChI is InChI=1S/C15H32N4O/c1-5-19(6-2)15(20)10-14(11-16)18(4)12-13-8-7-9-17(13)3/h13-14H,5-12,16H2,1-4H3. The van der Waals surface area contributed by atoms with Crippen molar-refractivity contribution >= 4 is 5.91 Å². The topological polar surface area (TPSA) is 52.8 Å². The van der Waals surface area contributed by atoms with E-state index in [4.69, 9.17) is 5.73 Å². The van der Waals surface area contributed by atoms with Crippen LogP contribution in [-0.4, -0.2) is 79.5 Å². The lowest BCUT2D eigenvalue weighted by Gasteiger charge is -2.32. The molecule has 1 aliphatic heterocycles. The number of rotatable bonds is 8. The van der Waals surface area contributed by atoms with E-state index < -0.39 is 0 Å². The van der Waals surface area contributed by atoms with Crippen molar-refractivity contribution in [2.75, 3.05) is 46.8 Å². The first-order chi connectivity index (χ1) is 9.53. The Labute approximate surface area is 124 Å². The molecule has 1 heterocycles. The minimum absolute atomic E-state index is 0.150. The molecule has 0 bridgehead atoms. The van der Waals surface area contributed by atoms with Gasteiger partial charge in [-0.1, -0.05) is 0 Å². The molecule has 1 amide bonds. The van der Waals surface area contributed by atoms with Crippen LogP contribution >= 0.6 is 0 Å². The first-order valence-corrected chi connectivity index (χ1v) is 7.91. The van der Waals surface area contributed by atoms with Gasteiger partial charge in [-0.3, -0.25) is 4.79 Å². The Hall–Kier alpha value is -0.650. The van der Waals surface area contributed by atoms with Gasteiger partial charge >= 0.3 is 0 Å². The van der Waals surface area contributed by atoms with Gasteiger partial charge in [0.05, 0.1) is 0 Å². The monoisotopic (exact) mass is 284 g/mol. The van der Waals surface area contributed by atoms with Crippen molar-refractivity contribution in [1.29, 1.82) is 0 Å². The van der Waals surface area contributed by atoms with E-state index in [0.29, 0.717) is 19.0 Å². The minimum atomic E-state index is 0.150. The van der Waals surface area contributed by atoms with Gasteiger partial charge in [-0.25, -0.2) is 0 Å². The van der Waals surface area contributed by atoms with Gasteiger partial charge < -0.3 is 20.4 Å². The third-order valence-electron chi connectivity index (χ3n) is 4.59. The van der Waals surface area contributed by atoms with Gasteiger partial charge in [0.15, 0.2) is 0 Å². The maximum atomic E-state index is 12.2. The average molecular weight is 284 g/mol. The molecule has 5 heteroatoms. The van der Waals surface area contributed by atoms with Crippen molar-refractivity contribution in [2.24, 2.45) is 5.73 Å². The smallest absolute Gasteiger partial charge is 0.224 e. The van der Waals surface area contributed by atoms with Crippen molar-refractivity contribution in [2.45, 2.75) is 45.2 Å². The van der Waals surface area contributed by atoms with E-state index >= 15 is 0 Å². The first kappa shape index (κ1) is 17.4. The molecule has 1 rings (SSSR count). The number of hydrogen-bond donors (Lipinski definition) is 1. The summed E-state index contributed by atoms with van der Waals surface area (Å²) in [7, 11) is 4.28. The van der Waals surface area contributed by atoms with Crippen LogP contribution in [-0.2, 0) is 4.79 Å². The predicted octanol–water partition coefficient (Wildman–Crippen LogP) is 0.598. The molecule has 0 aromatic rings. The van der Waals surface area contributed by atoms with Gasteiger partial charge in [-0.15, -0.1) is 0 Å². The highest BCUT2D eigenvalue weighted by Crippen LogP contribution is 2.17. The van der Waals surface area contributed by atoms with Gasteiger partial charge in [-0.05, 0) is 47.3 Å². The molecule has 2 atom stereocenters. The van der Waals surface area contributed by atoms with Crippen molar-refractivity contribution in [3.05, 3.63) is 0 Å². The lowest BCUT2D eigenvalue weighted by Crippen LogP contribution is -2.47. The summed E-state index contributed by atoms with van der Waals surface area (Å²) in [4.78, 5) is 18.8. The lowest BCUT2D eigenvalue weighted by molar-refractivity contribution is -0.132. The second kappa shape index (κ2) is 8.60. The number of nitrogens with zero attached hydrogens (tertiary/aromatic N) is 3. The van der Waals surface area contributed by atoms with Crippen LogP contribution in [0.3, 0.4) is 0 Å². The van der Waals surface area contributed by atoms with E-state index in [1.54, 1.807) is 0 Å². The zero-order valence-corrected chi connectivity index (χ0v) is 13.6. The first-order valence-electron chi connectivity index (χ1n) is 7.91. The van der Waals surface area contributed by atoms with Crippen molar-refractivity contribution in [3.8, 4) is 0 Å². The zero-order valence-electron chi connectivity index (χ0n) is 13.6. The molecule has 2 N–H and O–H groups in total. The van der Waals surface area contributed by atoms with Crippen LogP contribution in [0.4, 0.5) is 0 Å². The number of carbonyl (C=O) groups is 1. The minimum Gasteiger partial charge on any atom is -0.343 e. The number of hydrogen-bond acceptors (Lipinski definition) is 4. The fraction of sp³-hybridized carbons (Fsp3) is 0.933. The quantitative estimate of drug-likeness (QED) is 0.709. The molecule has 0 aliphatic carbocycles. The van der Waals surface area contributed by atoms with Crippen LogP contribution in [0.1, 0.15) is 33.1 Å². The van der Waals surface area contributed by atoms with Crippen LogP contribution in [0.5, 0.6) is 0 Å². The van der Waals surface area contributed by atoms with E-state index in [-0.39, 0.29) is 11.9 Å². The highest BCUT2D eigenvalue weighted by Gasteiger charge is 2.26. The van der Waals surface area contributed by atoms with E-state index in [1.807, 2.05) is 18.7 Å². The third kappa shape index (κ3) is 4.72. The average Bonchev–Trinajstić information content (AvgIpc) is 2.82. The Kier molecular flexibility index (Phi) is 7.48. The molecule has 1 fully saturated rings. The second-order valence-electron chi connectivity index (χ2n) is 5.88. The molecule has 5 nitrogen and oxygen atoms in total. The Balaban J connectivity index is 2.49. The summed E-state index contributed by atoms with van der Waals surface area (Å²) >= 11 is 0. The Morgan fingerprint density at radius 2 is 2.05 bits per heavy atom. The molecule has 1 aliphatic rings. The predicted molar refractivity (Wildman–Crippen MR) is 83.7 cm³/mol. The summed E-state index contributed by atoms with van der Waals surface area (Å²) in [5.74, 6) is 0.220. The fourth-order valence-electron chi connectivity index (χ4n) is 3.02. The molecule has 0 radical (unpaired) electrons. The summed E-state index contributed by atoms with van der Waals surface area (Å²) in [6, 6.07) is 0.759. The fourth-order valence-corrected chi connectivity index (χ4v) is 3.02. The van der Waals surface area contributed by atoms with Gasteiger partial charge in [0.25, 0.3) is 0 Å². The van der Waals surface area contributed by atoms with Gasteiger partial charge in [0.1, 0.15) is 0 Å². The largest absolute Gasteiger partial charge is 0.343 e. The Morgan fingerprint density at radius 1 is 1.40 bits per heavy atom. The third-order valence-corrected chi connectivity index (χ3v) is 4.59. The van der Waals surface area contributed by atoms with Crippen molar-refractivity contribution in [3.63, 3.8) is 0 Å². The van der Waals surface area contributed by atoms with Gasteiger partial charge in [-0.2, -0.15) is 0 Å². The van der Waals surface area contributed by atoms with E-state index in [2.05, 4.69) is 23.9 Å². The zero-order chi connectivity index (χ0) is 15.1. The highest BCUT2D eigenvalue weighted by atomic mass is 16.2. The van der Waals surface area contributed by atoms with Crippen LogP contribution in [0, 0.1) is 0 Å². The van der Waals surface area contributed by atoms with Crippen molar-refractivity contribution in [1.82, 2.24) is 14.7 Å². The molecule has 0 saturated carbocycles. The SMILES string of the molecule is CCN(CC)C(=O)CC(CN)N(C)CC1CCCN1C. The van der Waals surface area contributed by atoms with Crippen LogP contribution in [0.2, 0.25) is 0 Å². The summed E-state index contributed by atoms with van der Waals surface area (Å²) in [5, 5.41) is 0. The normalized spacial score (nSPS) is 21.4. The Bertz CT molecular complexity index is 294. The highest BCUT2D eigenvalue weighted by molar-refractivity contribution is 5.76. The number of carbonyl (C=O) groups excluding carboxylic acids is 1. The summed E-state index contributed by atoms with van der Waals surface area (Å²) in [6.45, 7) is 8.34. The second-order valence-corrected chi connectivity index (χ2v) is 5.88. The number of likely N-dealkylation sites (tertiary alicyclic amines) is 1. The van der Waals surface area contributed by atoms with E-state index in [0.717, 1.165) is 19.6 Å². The van der Waals surface area contributed by atoms with Crippen LogP contribution in [0.25, 0.3) is 0 Å². The van der Waals surface area contributed by atoms with Crippen molar-refractivity contribution < 1.29 is 4.79 Å². The molecule has 0 aromatic heterocycles. The molecule has 0 aromatic carbocycles. The number of likely N-dealkylation sites (N-methyl/N-ethyl adjacent to an activating group) is 2. The molecule has 0 spiro atoms. The lowest BCUT2D eigenvalue weighted by atomic mass is 10.1. The molecule has 118 valence electrons. The van der Waals surface area contributed by atoms with Crippen LogP contribution in [0.15, 0.2) is 0 Å². The van der Waals surface area contributed by atoms with E-state index in [1.165, 1.54) is 19.4 Å².